The molecule has 3 aliphatic heterocycles. The number of urea groups is 1. The highest BCUT2D eigenvalue weighted by molar-refractivity contribution is 9.10. The molecule has 0 aromatic heterocycles. The molecule has 0 radical (unpaired) electrons. The molecule has 3 amide bonds. The Kier molecular flexibility index (Phi) is 2.99. The van der Waals surface area contributed by atoms with Crippen LogP contribution in [0.15, 0.2) is 46.9 Å². The lowest BCUT2D eigenvalue weighted by atomic mass is 9.73. The first kappa shape index (κ1) is 15.1. The van der Waals surface area contributed by atoms with Crippen molar-refractivity contribution < 1.29 is 9.59 Å². The Morgan fingerprint density at radius 3 is 2.44 bits per heavy atom. The molecule has 1 aliphatic carbocycles. The van der Waals surface area contributed by atoms with E-state index in [-0.39, 0.29) is 11.9 Å². The monoisotopic (exact) mass is 396 g/mol. The van der Waals surface area contributed by atoms with Crippen molar-refractivity contribution in [1.29, 1.82) is 0 Å². The zero-order chi connectivity index (χ0) is 17.3. The van der Waals surface area contributed by atoms with Crippen molar-refractivity contribution in [3.8, 4) is 11.1 Å². The smallest absolute Gasteiger partial charge is 0.309 e. The van der Waals surface area contributed by atoms with E-state index in [1.807, 2.05) is 37.3 Å². The van der Waals surface area contributed by atoms with E-state index < -0.39 is 5.54 Å². The molecular weight excluding hydrogens is 380 g/mol. The maximum Gasteiger partial charge on any atom is 0.332 e. The lowest BCUT2D eigenvalue weighted by Crippen LogP contribution is -2.49. The number of hydrogen-bond acceptors (Lipinski definition) is 2. The average Bonchev–Trinajstić information content (AvgIpc) is 3.18. The predicted molar refractivity (Wildman–Crippen MR) is 99.4 cm³/mol. The second-order valence-corrected chi connectivity index (χ2v) is 8.26. The van der Waals surface area contributed by atoms with Gasteiger partial charge in [0.05, 0.1) is 5.69 Å². The van der Waals surface area contributed by atoms with Crippen molar-refractivity contribution in [3.63, 3.8) is 0 Å². The van der Waals surface area contributed by atoms with E-state index in [4.69, 9.17) is 0 Å². The Morgan fingerprint density at radius 1 is 1.08 bits per heavy atom. The van der Waals surface area contributed by atoms with E-state index in [9.17, 15) is 9.59 Å². The third-order valence-corrected chi connectivity index (χ3v) is 6.39. The van der Waals surface area contributed by atoms with Crippen LogP contribution >= 0.6 is 15.9 Å². The number of benzene rings is 2. The molecule has 6 rings (SSSR count). The topological polar surface area (TPSA) is 40.6 Å². The number of aryl methyl sites for hydroxylation is 1. The molecule has 2 bridgehead atoms. The van der Waals surface area contributed by atoms with Gasteiger partial charge in [-0.25, -0.2) is 9.69 Å². The maximum absolute atomic E-state index is 12.9. The third kappa shape index (κ3) is 1.93. The lowest BCUT2D eigenvalue weighted by Gasteiger charge is -2.34. The van der Waals surface area contributed by atoms with E-state index >= 15 is 0 Å². The zero-order valence-electron chi connectivity index (χ0n) is 13.8. The highest BCUT2D eigenvalue weighted by Gasteiger charge is 2.69. The van der Waals surface area contributed by atoms with Gasteiger partial charge in [-0.2, -0.15) is 0 Å². The quantitative estimate of drug-likeness (QED) is 0.707. The fourth-order valence-electron chi connectivity index (χ4n) is 4.61. The number of anilines is 1. The van der Waals surface area contributed by atoms with Crippen LogP contribution < -0.4 is 4.90 Å². The van der Waals surface area contributed by atoms with Crippen LogP contribution in [0.3, 0.4) is 0 Å². The summed E-state index contributed by atoms with van der Waals surface area (Å²) < 4.78 is 1.04. The first-order valence-corrected chi connectivity index (χ1v) is 9.32. The summed E-state index contributed by atoms with van der Waals surface area (Å²) in [7, 11) is 0. The summed E-state index contributed by atoms with van der Waals surface area (Å²) in [6.07, 6.45) is 1.67. The number of imide groups is 1. The van der Waals surface area contributed by atoms with E-state index in [2.05, 4.69) is 28.1 Å². The van der Waals surface area contributed by atoms with Crippen molar-refractivity contribution in [2.75, 3.05) is 11.4 Å². The molecule has 0 unspecified atom stereocenters. The van der Waals surface area contributed by atoms with Crippen molar-refractivity contribution in [3.05, 3.63) is 52.5 Å². The lowest BCUT2D eigenvalue weighted by molar-refractivity contribution is -0.126. The summed E-state index contributed by atoms with van der Waals surface area (Å²) >= 11 is 3.45. The van der Waals surface area contributed by atoms with Gasteiger partial charge in [-0.05, 0) is 66.6 Å². The Morgan fingerprint density at radius 2 is 1.80 bits per heavy atom. The second-order valence-electron chi connectivity index (χ2n) is 7.35. The molecule has 126 valence electrons. The number of rotatable bonds is 2. The van der Waals surface area contributed by atoms with Crippen LogP contribution in [0.25, 0.3) is 11.1 Å². The molecule has 5 heteroatoms. The van der Waals surface area contributed by atoms with Gasteiger partial charge in [0.25, 0.3) is 5.91 Å². The third-order valence-electron chi connectivity index (χ3n) is 5.86. The summed E-state index contributed by atoms with van der Waals surface area (Å²) in [6, 6.07) is 13.8. The number of nitrogens with zero attached hydrogens (tertiary/aromatic N) is 2. The van der Waals surface area contributed by atoms with Crippen molar-refractivity contribution in [2.45, 2.75) is 25.3 Å². The van der Waals surface area contributed by atoms with Gasteiger partial charge < -0.3 is 4.90 Å². The molecule has 3 saturated heterocycles. The van der Waals surface area contributed by atoms with Crippen molar-refractivity contribution in [2.24, 2.45) is 5.92 Å². The SMILES string of the molecule is Cc1cc(N2C(=O)N3CC4CC3(C4)C2=O)ccc1-c1ccc(Br)cc1. The van der Waals surface area contributed by atoms with Crippen LogP contribution in [0.2, 0.25) is 0 Å². The fourth-order valence-corrected chi connectivity index (χ4v) is 4.88. The molecule has 2 aromatic rings. The summed E-state index contributed by atoms with van der Waals surface area (Å²) in [5.74, 6) is 0.485. The summed E-state index contributed by atoms with van der Waals surface area (Å²) in [5.41, 5.74) is 3.43. The number of carbonyl (C=O) groups excluding carboxylic acids is 2. The minimum absolute atomic E-state index is 0.0398. The molecule has 0 N–H and O–H groups in total. The fraction of sp³-hybridized carbons (Fsp3) is 0.300. The first-order valence-electron chi connectivity index (χ1n) is 8.52. The normalized spacial score (nSPS) is 26.9. The van der Waals surface area contributed by atoms with Crippen molar-refractivity contribution >= 4 is 33.6 Å². The van der Waals surface area contributed by atoms with Crippen LogP contribution in [0.5, 0.6) is 0 Å². The first-order chi connectivity index (χ1) is 12.0. The highest BCUT2D eigenvalue weighted by atomic mass is 79.9. The molecule has 4 nitrogen and oxygen atoms in total. The predicted octanol–water partition coefficient (Wildman–Crippen LogP) is 4.36. The summed E-state index contributed by atoms with van der Waals surface area (Å²) in [6.45, 7) is 2.75. The van der Waals surface area contributed by atoms with Crippen LogP contribution in [0.4, 0.5) is 10.5 Å². The zero-order valence-corrected chi connectivity index (χ0v) is 15.4. The Hall–Kier alpha value is -2.14. The van der Waals surface area contributed by atoms with E-state index in [1.165, 1.54) is 4.90 Å². The molecule has 0 atom stereocenters. The molecule has 25 heavy (non-hydrogen) atoms. The van der Waals surface area contributed by atoms with Crippen LogP contribution in [0, 0.1) is 12.8 Å². The molecule has 2 aromatic carbocycles. The van der Waals surface area contributed by atoms with Gasteiger partial charge in [0.15, 0.2) is 0 Å². The summed E-state index contributed by atoms with van der Waals surface area (Å²) in [5, 5.41) is 0. The van der Waals surface area contributed by atoms with E-state index in [1.54, 1.807) is 4.90 Å². The molecular formula is C20H17BrN2O2. The number of carbonyl (C=O) groups is 2. The Labute approximate surface area is 154 Å². The van der Waals surface area contributed by atoms with E-state index in [0.29, 0.717) is 11.6 Å². The molecule has 4 fully saturated rings. The molecule has 3 heterocycles. The van der Waals surface area contributed by atoms with Crippen LogP contribution in [-0.2, 0) is 4.79 Å². The number of hydrogen-bond donors (Lipinski definition) is 0. The highest BCUT2D eigenvalue weighted by Crippen LogP contribution is 2.55. The Balaban J connectivity index is 1.51. The minimum atomic E-state index is -0.528. The Bertz CT molecular complexity index is 913. The van der Waals surface area contributed by atoms with Crippen LogP contribution in [0.1, 0.15) is 18.4 Å². The van der Waals surface area contributed by atoms with Gasteiger partial charge in [-0.1, -0.05) is 34.1 Å². The van der Waals surface area contributed by atoms with Gasteiger partial charge in [0.2, 0.25) is 0 Å². The van der Waals surface area contributed by atoms with Gasteiger partial charge in [-0.15, -0.1) is 0 Å². The average molecular weight is 397 g/mol. The van der Waals surface area contributed by atoms with Gasteiger partial charge in [0, 0.05) is 11.0 Å². The van der Waals surface area contributed by atoms with Crippen LogP contribution in [-0.4, -0.2) is 28.9 Å². The molecule has 1 spiro atoms. The molecule has 1 saturated carbocycles. The van der Waals surface area contributed by atoms with Crippen molar-refractivity contribution in [1.82, 2.24) is 4.90 Å². The molecule has 4 aliphatic rings. The number of amides is 3. The van der Waals surface area contributed by atoms with E-state index in [0.717, 1.165) is 40.5 Å². The van der Waals surface area contributed by atoms with Gasteiger partial charge in [0.1, 0.15) is 5.54 Å². The minimum Gasteiger partial charge on any atom is -0.309 e. The van der Waals surface area contributed by atoms with Gasteiger partial charge in [-0.3, -0.25) is 4.79 Å². The maximum atomic E-state index is 12.9. The standard InChI is InChI=1S/C20H17BrN2O2/c1-12-8-16(6-7-17(12)14-2-4-15(21)5-3-14)23-18(24)20-9-13(10-20)11-22(20)19(23)25/h2-8,13H,9-11H2,1H3. The largest absolute Gasteiger partial charge is 0.332 e. The number of halogens is 1. The summed E-state index contributed by atoms with van der Waals surface area (Å²) in [4.78, 5) is 28.9. The van der Waals surface area contributed by atoms with Gasteiger partial charge >= 0.3 is 6.03 Å². The second kappa shape index (κ2) is 4.94.